The lowest BCUT2D eigenvalue weighted by Crippen LogP contribution is -2.24. The number of hydrogen-bond donors (Lipinski definition) is 1. The lowest BCUT2D eigenvalue weighted by molar-refractivity contribution is -0.144. The van der Waals surface area contributed by atoms with E-state index in [0.29, 0.717) is 17.2 Å². The van der Waals surface area contributed by atoms with Gasteiger partial charge < -0.3 is 14.3 Å². The van der Waals surface area contributed by atoms with Crippen molar-refractivity contribution < 1.29 is 19.1 Å². The van der Waals surface area contributed by atoms with Gasteiger partial charge >= 0.3 is 5.97 Å². The third-order valence-electron chi connectivity index (χ3n) is 3.20. The van der Waals surface area contributed by atoms with Crippen LogP contribution in [0.3, 0.4) is 0 Å². The molecule has 0 bridgehead atoms. The van der Waals surface area contributed by atoms with Crippen LogP contribution in [0.1, 0.15) is 16.9 Å². The Hall–Kier alpha value is -1.65. The molecule has 1 aliphatic heterocycles. The van der Waals surface area contributed by atoms with Crippen LogP contribution in [0, 0.1) is 0 Å². The van der Waals surface area contributed by atoms with Crippen molar-refractivity contribution in [2.75, 3.05) is 0 Å². The monoisotopic (exact) mass is 312 g/mol. The highest BCUT2D eigenvalue weighted by atomic mass is 35.5. The maximum Gasteiger partial charge on any atom is 0.345 e. The first-order valence-electron chi connectivity index (χ1n) is 5.98. The molecule has 1 aliphatic rings. The number of fused-ring (bicyclic) bond motifs is 1. The molecule has 0 spiro atoms. The highest BCUT2D eigenvalue weighted by molar-refractivity contribution is 6.43. The Morgan fingerprint density at radius 2 is 2.20 bits per heavy atom. The van der Waals surface area contributed by atoms with Crippen molar-refractivity contribution in [2.45, 2.75) is 18.9 Å². The number of rotatable bonds is 3. The van der Waals surface area contributed by atoms with Crippen LogP contribution in [0.5, 0.6) is 5.75 Å². The van der Waals surface area contributed by atoms with Crippen LogP contribution in [0.25, 0.3) is 0 Å². The minimum Gasteiger partial charge on any atom is -0.478 e. The lowest BCUT2D eigenvalue weighted by atomic mass is 10.0. The minimum atomic E-state index is -1.01. The van der Waals surface area contributed by atoms with Crippen LogP contribution in [0.4, 0.5) is 0 Å². The number of carboxylic acids is 1. The third-order valence-corrected chi connectivity index (χ3v) is 4.09. The van der Waals surface area contributed by atoms with E-state index in [1.54, 1.807) is 12.3 Å². The molecule has 0 amide bonds. The number of hydrogen-bond acceptors (Lipinski definition) is 3. The van der Waals surface area contributed by atoms with Crippen molar-refractivity contribution in [1.82, 2.24) is 0 Å². The molecule has 1 aromatic carbocycles. The summed E-state index contributed by atoms with van der Waals surface area (Å²) in [6.45, 7) is 0. The number of furan rings is 1. The van der Waals surface area contributed by atoms with Crippen LogP contribution in [-0.2, 0) is 17.6 Å². The maximum atomic E-state index is 11.0. The van der Waals surface area contributed by atoms with Gasteiger partial charge in [-0.2, -0.15) is 0 Å². The molecular weight excluding hydrogens is 303 g/mol. The minimum absolute atomic E-state index is 0.259. The first-order chi connectivity index (χ1) is 9.56. The lowest BCUT2D eigenvalue weighted by Gasteiger charge is -2.09. The van der Waals surface area contributed by atoms with Gasteiger partial charge in [-0.05, 0) is 23.8 Å². The maximum absolute atomic E-state index is 11.0. The third kappa shape index (κ3) is 2.25. The summed E-state index contributed by atoms with van der Waals surface area (Å²) >= 11 is 12.4. The van der Waals surface area contributed by atoms with Crippen molar-refractivity contribution in [1.29, 1.82) is 0 Å². The predicted molar refractivity (Wildman–Crippen MR) is 73.7 cm³/mol. The van der Waals surface area contributed by atoms with E-state index in [1.807, 2.05) is 12.1 Å². The molecular formula is C14H10Cl2O4. The first-order valence-corrected chi connectivity index (χ1v) is 6.73. The zero-order valence-electron chi connectivity index (χ0n) is 10.2. The molecule has 1 atom stereocenters. The van der Waals surface area contributed by atoms with E-state index in [9.17, 15) is 4.79 Å². The molecule has 0 saturated heterocycles. The summed E-state index contributed by atoms with van der Waals surface area (Å²) in [5, 5.41) is 9.63. The van der Waals surface area contributed by atoms with E-state index in [2.05, 4.69) is 0 Å². The molecule has 3 rings (SSSR count). The van der Waals surface area contributed by atoms with Crippen molar-refractivity contribution >= 4 is 29.2 Å². The zero-order valence-corrected chi connectivity index (χ0v) is 11.7. The fraction of sp³-hybridized carbons (Fsp3) is 0.214. The van der Waals surface area contributed by atoms with Gasteiger partial charge in [0, 0.05) is 18.4 Å². The standard InChI is InChI=1S/C14H10Cl2O4/c15-11-7(5-9-2-1-3-19-9)4-8-6-10(14(17)18)20-13(8)12(11)16/h1-4,10H,5-6H2,(H,17,18). The topological polar surface area (TPSA) is 59.7 Å². The van der Waals surface area contributed by atoms with Crippen molar-refractivity contribution in [3.8, 4) is 5.75 Å². The average Bonchev–Trinajstić information content (AvgIpc) is 3.04. The molecule has 4 nitrogen and oxygen atoms in total. The fourth-order valence-electron chi connectivity index (χ4n) is 2.25. The van der Waals surface area contributed by atoms with Crippen LogP contribution >= 0.6 is 23.2 Å². The molecule has 1 aromatic heterocycles. The van der Waals surface area contributed by atoms with Gasteiger partial charge in [0.05, 0.1) is 11.3 Å². The Labute approximate surface area is 124 Å². The number of aliphatic carboxylic acids is 1. The Balaban J connectivity index is 1.97. The number of ether oxygens (including phenoxy) is 1. The largest absolute Gasteiger partial charge is 0.478 e. The molecule has 104 valence electrons. The molecule has 1 unspecified atom stereocenters. The van der Waals surface area contributed by atoms with Crippen molar-refractivity contribution in [2.24, 2.45) is 0 Å². The Morgan fingerprint density at radius 3 is 2.85 bits per heavy atom. The molecule has 0 fully saturated rings. The normalized spacial score (nSPS) is 16.8. The van der Waals surface area contributed by atoms with E-state index in [-0.39, 0.29) is 11.4 Å². The second-order valence-corrected chi connectivity index (χ2v) is 5.31. The Bertz CT molecular complexity index is 664. The smallest absolute Gasteiger partial charge is 0.345 e. The summed E-state index contributed by atoms with van der Waals surface area (Å²) in [6.07, 6.45) is 1.46. The Kier molecular flexibility index (Phi) is 3.36. The summed E-state index contributed by atoms with van der Waals surface area (Å²) in [7, 11) is 0. The number of halogens is 2. The van der Waals surface area contributed by atoms with Crippen molar-refractivity contribution in [3.63, 3.8) is 0 Å². The van der Waals surface area contributed by atoms with Gasteiger partial charge in [-0.15, -0.1) is 0 Å². The van der Waals surface area contributed by atoms with Gasteiger partial charge in [-0.3, -0.25) is 0 Å². The van der Waals surface area contributed by atoms with E-state index in [0.717, 1.165) is 16.9 Å². The molecule has 1 N–H and O–H groups in total. The van der Waals surface area contributed by atoms with E-state index in [1.165, 1.54) is 0 Å². The highest BCUT2D eigenvalue weighted by Crippen LogP contribution is 2.43. The van der Waals surface area contributed by atoms with Gasteiger partial charge in [-0.25, -0.2) is 4.79 Å². The van der Waals surface area contributed by atoms with Gasteiger partial charge in [0.1, 0.15) is 16.5 Å². The molecule has 0 saturated carbocycles. The highest BCUT2D eigenvalue weighted by Gasteiger charge is 2.32. The van der Waals surface area contributed by atoms with Crippen molar-refractivity contribution in [3.05, 3.63) is 51.4 Å². The first kappa shape index (κ1) is 13.3. The fourth-order valence-corrected chi connectivity index (χ4v) is 2.75. The second kappa shape index (κ2) is 5.04. The van der Waals surface area contributed by atoms with Crippen LogP contribution < -0.4 is 4.74 Å². The summed E-state index contributed by atoms with van der Waals surface area (Å²) in [5.41, 5.74) is 1.55. The molecule has 0 radical (unpaired) electrons. The quantitative estimate of drug-likeness (QED) is 0.941. The average molecular weight is 313 g/mol. The van der Waals surface area contributed by atoms with E-state index in [4.69, 9.17) is 37.5 Å². The number of benzene rings is 1. The number of carbonyl (C=O) groups is 1. The molecule has 2 heterocycles. The van der Waals surface area contributed by atoms with Gasteiger partial charge in [0.25, 0.3) is 0 Å². The summed E-state index contributed by atoms with van der Waals surface area (Å²) in [4.78, 5) is 11.0. The number of carboxylic acid groups (broad SMARTS) is 1. The second-order valence-electron chi connectivity index (χ2n) is 4.56. The predicted octanol–water partition coefficient (Wildman–Crippen LogP) is 3.57. The molecule has 2 aromatic rings. The van der Waals surface area contributed by atoms with Gasteiger partial charge in [0.2, 0.25) is 0 Å². The summed E-state index contributed by atoms with van der Waals surface area (Å²) in [5.74, 6) is 0.116. The van der Waals surface area contributed by atoms with Gasteiger partial charge in [0.15, 0.2) is 6.10 Å². The SMILES string of the molecule is O=C(O)C1Cc2cc(Cc3ccco3)c(Cl)c(Cl)c2O1. The Morgan fingerprint density at radius 1 is 1.40 bits per heavy atom. The molecule has 0 aliphatic carbocycles. The van der Waals surface area contributed by atoms with Crippen LogP contribution in [-0.4, -0.2) is 17.2 Å². The van der Waals surface area contributed by atoms with Gasteiger partial charge in [-0.1, -0.05) is 23.2 Å². The zero-order chi connectivity index (χ0) is 14.3. The molecule has 20 heavy (non-hydrogen) atoms. The van der Waals surface area contributed by atoms with Crippen LogP contribution in [0.15, 0.2) is 28.9 Å². The van der Waals surface area contributed by atoms with E-state index < -0.39 is 12.1 Å². The van der Waals surface area contributed by atoms with Crippen LogP contribution in [0.2, 0.25) is 10.0 Å². The molecule has 6 heteroatoms. The summed E-state index contributed by atoms with van der Waals surface area (Å²) in [6, 6.07) is 5.46. The summed E-state index contributed by atoms with van der Waals surface area (Å²) < 4.78 is 10.6. The van der Waals surface area contributed by atoms with E-state index >= 15 is 0 Å².